The van der Waals surface area contributed by atoms with Crippen LogP contribution in [0.1, 0.15) is 23.0 Å². The van der Waals surface area contributed by atoms with Crippen LogP contribution in [0, 0.1) is 0 Å². The molecule has 1 aliphatic rings. The van der Waals surface area contributed by atoms with Crippen LogP contribution in [0.5, 0.6) is 0 Å². The van der Waals surface area contributed by atoms with E-state index < -0.39 is 15.9 Å². The fraction of sp³-hybridized carbons (Fsp3) is 0.150. The van der Waals surface area contributed by atoms with Crippen molar-refractivity contribution >= 4 is 32.4 Å². The maximum Gasteiger partial charge on any atom is 0.285 e. The zero-order chi connectivity index (χ0) is 18.5. The third-order valence-corrected chi connectivity index (χ3v) is 6.59. The molecule has 132 valence electrons. The average Bonchev–Trinajstić information content (AvgIpc) is 2.87. The average molecular weight is 366 g/mol. The highest BCUT2D eigenvalue weighted by Crippen LogP contribution is 2.34. The molecule has 0 N–H and O–H groups in total. The Morgan fingerprint density at radius 3 is 2.35 bits per heavy atom. The molecule has 26 heavy (non-hydrogen) atoms. The Labute approximate surface area is 152 Å². The van der Waals surface area contributed by atoms with E-state index in [-0.39, 0.29) is 11.4 Å². The van der Waals surface area contributed by atoms with E-state index in [0.29, 0.717) is 5.69 Å². The van der Waals surface area contributed by atoms with Crippen LogP contribution >= 0.6 is 0 Å². The van der Waals surface area contributed by atoms with Gasteiger partial charge in [-0.05, 0) is 30.7 Å². The van der Waals surface area contributed by atoms with Crippen LogP contribution in [-0.2, 0) is 17.1 Å². The van der Waals surface area contributed by atoms with Crippen LogP contribution in [0.4, 0.5) is 0 Å². The number of hydrogen-bond donors (Lipinski definition) is 0. The van der Waals surface area contributed by atoms with Gasteiger partial charge in [0.05, 0.1) is 11.4 Å². The molecule has 6 heteroatoms. The molecule has 0 bridgehead atoms. The molecule has 0 unspecified atom stereocenters. The number of aromatic nitrogens is 1. The van der Waals surface area contributed by atoms with Gasteiger partial charge in [0.15, 0.2) is 0 Å². The molecule has 1 amide bonds. The fourth-order valence-corrected chi connectivity index (χ4v) is 4.82. The first-order valence-corrected chi connectivity index (χ1v) is 9.73. The first kappa shape index (κ1) is 16.6. The molecule has 0 spiro atoms. The molecule has 0 radical (unpaired) electrons. The minimum Gasteiger partial charge on any atom is -0.339 e. The number of allylic oxidation sites excluding steroid dienone is 1. The fourth-order valence-electron chi connectivity index (χ4n) is 3.49. The summed E-state index contributed by atoms with van der Waals surface area (Å²) in [6, 6.07) is 15.8. The zero-order valence-electron chi connectivity index (χ0n) is 14.5. The van der Waals surface area contributed by atoms with Gasteiger partial charge in [-0.2, -0.15) is 0 Å². The van der Waals surface area contributed by atoms with Gasteiger partial charge in [-0.3, -0.25) is 4.79 Å². The minimum absolute atomic E-state index is 0.0188. The summed E-state index contributed by atoms with van der Waals surface area (Å²) in [5.41, 5.74) is 3.00. The molecule has 2 aromatic carbocycles. The highest BCUT2D eigenvalue weighted by Gasteiger charge is 2.35. The van der Waals surface area contributed by atoms with Gasteiger partial charge in [-0.25, -0.2) is 12.7 Å². The Hall–Kier alpha value is -2.86. The molecular formula is C20H18N2O3S. The maximum atomic E-state index is 13.3. The minimum atomic E-state index is -3.93. The van der Waals surface area contributed by atoms with Gasteiger partial charge in [0.2, 0.25) is 0 Å². The first-order valence-electron chi connectivity index (χ1n) is 8.29. The lowest BCUT2D eigenvalue weighted by Crippen LogP contribution is -2.37. The first-order chi connectivity index (χ1) is 12.4. The highest BCUT2D eigenvalue weighted by molar-refractivity contribution is 7.89. The van der Waals surface area contributed by atoms with Crippen molar-refractivity contribution < 1.29 is 13.2 Å². The Balaban J connectivity index is 1.96. The van der Waals surface area contributed by atoms with Crippen LogP contribution < -0.4 is 0 Å². The monoisotopic (exact) mass is 366 g/mol. The molecule has 4 rings (SSSR count). The number of rotatable bonds is 2. The summed E-state index contributed by atoms with van der Waals surface area (Å²) in [5, 5.41) is 0.950. The van der Waals surface area contributed by atoms with Crippen molar-refractivity contribution in [3.05, 3.63) is 71.9 Å². The molecule has 2 heterocycles. The number of hydrogen-bond acceptors (Lipinski definition) is 3. The summed E-state index contributed by atoms with van der Waals surface area (Å²) in [6.07, 6.45) is 1.80. The van der Waals surface area contributed by atoms with E-state index in [0.717, 1.165) is 26.3 Å². The lowest BCUT2D eigenvalue weighted by molar-refractivity contribution is 0.0864. The largest absolute Gasteiger partial charge is 0.339 e. The van der Waals surface area contributed by atoms with E-state index in [4.69, 9.17) is 0 Å². The second-order valence-corrected chi connectivity index (χ2v) is 8.20. The summed E-state index contributed by atoms with van der Waals surface area (Å²) >= 11 is 0. The molecule has 0 aliphatic carbocycles. The SMILES string of the molecule is CC1=CCN(S(=O)(=O)c2ccccc2)C(=O)c2c1c1ccccc1n2C. The van der Waals surface area contributed by atoms with Gasteiger partial charge >= 0.3 is 0 Å². The summed E-state index contributed by atoms with van der Waals surface area (Å²) in [5.74, 6) is -0.504. The normalized spacial score (nSPS) is 14.9. The molecule has 0 saturated heterocycles. The second-order valence-electron chi connectivity index (χ2n) is 6.34. The van der Waals surface area contributed by atoms with Crippen molar-refractivity contribution in [1.29, 1.82) is 0 Å². The number of fused-ring (bicyclic) bond motifs is 3. The van der Waals surface area contributed by atoms with Gasteiger partial charge in [0.1, 0.15) is 5.69 Å². The van der Waals surface area contributed by atoms with E-state index in [1.54, 1.807) is 35.9 Å². The van der Waals surface area contributed by atoms with Crippen molar-refractivity contribution in [2.75, 3.05) is 6.54 Å². The number of para-hydroxylation sites is 1. The van der Waals surface area contributed by atoms with Gasteiger partial charge in [0.25, 0.3) is 15.9 Å². The number of nitrogens with zero attached hydrogens (tertiary/aromatic N) is 2. The van der Waals surface area contributed by atoms with E-state index in [1.165, 1.54) is 12.1 Å². The molecule has 1 aromatic heterocycles. The molecule has 0 atom stereocenters. The Bertz CT molecular complexity index is 1160. The molecule has 5 nitrogen and oxygen atoms in total. The lowest BCUT2D eigenvalue weighted by atomic mass is 10.0. The quantitative estimate of drug-likeness (QED) is 0.698. The maximum absolute atomic E-state index is 13.3. The van der Waals surface area contributed by atoms with Crippen LogP contribution in [0.15, 0.2) is 65.6 Å². The number of carbonyl (C=O) groups excluding carboxylic acids is 1. The summed E-state index contributed by atoms with van der Waals surface area (Å²) in [6.45, 7) is 1.93. The van der Waals surface area contributed by atoms with Crippen molar-refractivity contribution in [3.8, 4) is 0 Å². The van der Waals surface area contributed by atoms with E-state index in [9.17, 15) is 13.2 Å². The number of benzene rings is 2. The Morgan fingerprint density at radius 2 is 1.62 bits per heavy atom. The molecule has 0 fully saturated rings. The van der Waals surface area contributed by atoms with E-state index in [2.05, 4.69) is 0 Å². The van der Waals surface area contributed by atoms with Gasteiger partial charge < -0.3 is 4.57 Å². The Kier molecular flexibility index (Phi) is 3.73. The summed E-state index contributed by atoms with van der Waals surface area (Å²) in [4.78, 5) is 13.4. The topological polar surface area (TPSA) is 59.4 Å². The second kappa shape index (κ2) is 5.85. The summed E-state index contributed by atoms with van der Waals surface area (Å²) < 4.78 is 28.9. The molecule has 1 aliphatic heterocycles. The van der Waals surface area contributed by atoms with Crippen LogP contribution in [0.25, 0.3) is 16.5 Å². The lowest BCUT2D eigenvalue weighted by Gasteiger charge is -2.20. The predicted octanol–water partition coefficient (Wildman–Crippen LogP) is 3.43. The third kappa shape index (κ3) is 2.29. The highest BCUT2D eigenvalue weighted by atomic mass is 32.2. The van der Waals surface area contributed by atoms with Crippen LogP contribution in [-0.4, -0.2) is 29.7 Å². The number of carbonyl (C=O) groups is 1. The number of aryl methyl sites for hydroxylation is 1. The standard InChI is InChI=1S/C20H18N2O3S/c1-14-12-13-22(26(24,25)15-8-4-3-5-9-15)20(23)19-18(14)16-10-6-7-11-17(16)21(19)2/h3-12H,13H2,1-2H3. The molecule has 3 aromatic rings. The predicted molar refractivity (Wildman–Crippen MR) is 101 cm³/mol. The van der Waals surface area contributed by atoms with Gasteiger partial charge in [0, 0.05) is 23.5 Å². The Morgan fingerprint density at radius 1 is 0.962 bits per heavy atom. The van der Waals surface area contributed by atoms with Crippen molar-refractivity contribution in [1.82, 2.24) is 8.87 Å². The zero-order valence-corrected chi connectivity index (χ0v) is 15.3. The van der Waals surface area contributed by atoms with Crippen molar-refractivity contribution in [3.63, 3.8) is 0 Å². The van der Waals surface area contributed by atoms with Crippen LogP contribution in [0.3, 0.4) is 0 Å². The van der Waals surface area contributed by atoms with E-state index in [1.807, 2.05) is 31.2 Å². The smallest absolute Gasteiger partial charge is 0.285 e. The third-order valence-electron chi connectivity index (χ3n) is 4.82. The van der Waals surface area contributed by atoms with Crippen molar-refractivity contribution in [2.45, 2.75) is 11.8 Å². The number of sulfonamides is 1. The number of amides is 1. The molecule has 0 saturated carbocycles. The van der Waals surface area contributed by atoms with Gasteiger partial charge in [-0.1, -0.05) is 42.5 Å². The van der Waals surface area contributed by atoms with Crippen LogP contribution in [0.2, 0.25) is 0 Å². The summed E-state index contributed by atoms with van der Waals surface area (Å²) in [7, 11) is -2.13. The van der Waals surface area contributed by atoms with Gasteiger partial charge in [-0.15, -0.1) is 0 Å². The molecular weight excluding hydrogens is 348 g/mol. The van der Waals surface area contributed by atoms with E-state index >= 15 is 0 Å². The van der Waals surface area contributed by atoms with Crippen molar-refractivity contribution in [2.24, 2.45) is 7.05 Å².